The van der Waals surface area contributed by atoms with Gasteiger partial charge in [-0.05, 0) is 51.1 Å². The van der Waals surface area contributed by atoms with Gasteiger partial charge in [-0.15, -0.1) is 0 Å². The summed E-state index contributed by atoms with van der Waals surface area (Å²) >= 11 is 0. The second kappa shape index (κ2) is 2.47. The number of hydrogen-bond acceptors (Lipinski definition) is 1. The van der Waals surface area contributed by atoms with Crippen LogP contribution in [0.15, 0.2) is 0 Å². The third-order valence-corrected chi connectivity index (χ3v) is 4.18. The lowest BCUT2D eigenvalue weighted by Crippen LogP contribution is -2.38. The summed E-state index contributed by atoms with van der Waals surface area (Å²) in [5.41, 5.74) is 0.723. The van der Waals surface area contributed by atoms with Crippen molar-refractivity contribution in [3.8, 4) is 0 Å². The molecule has 3 rings (SSSR count). The van der Waals surface area contributed by atoms with Crippen LogP contribution >= 0.6 is 0 Å². The Labute approximate surface area is 75.1 Å². The van der Waals surface area contributed by atoms with Crippen molar-refractivity contribution in [2.45, 2.75) is 50.5 Å². The predicted molar refractivity (Wildman–Crippen MR) is 50.1 cm³/mol. The molecule has 0 aromatic rings. The first-order valence-electron chi connectivity index (χ1n) is 5.64. The maximum atomic E-state index is 2.80. The summed E-state index contributed by atoms with van der Waals surface area (Å²) < 4.78 is 0. The quantitative estimate of drug-likeness (QED) is 0.607. The van der Waals surface area contributed by atoms with Gasteiger partial charge in [-0.3, -0.25) is 4.90 Å². The highest BCUT2D eigenvalue weighted by molar-refractivity contribution is 5.02. The van der Waals surface area contributed by atoms with Crippen molar-refractivity contribution < 1.29 is 0 Å². The molecule has 0 unspecified atom stereocenters. The molecular formula is C11H19N. The minimum absolute atomic E-state index is 0.723. The second-order valence-corrected chi connectivity index (χ2v) is 5.07. The summed E-state index contributed by atoms with van der Waals surface area (Å²) in [6.45, 7) is 2.82. The molecule has 0 N–H and O–H groups in total. The third kappa shape index (κ3) is 1.02. The van der Waals surface area contributed by atoms with Crippen molar-refractivity contribution >= 4 is 0 Å². The molecule has 0 spiro atoms. The van der Waals surface area contributed by atoms with Gasteiger partial charge in [0, 0.05) is 5.54 Å². The summed E-state index contributed by atoms with van der Waals surface area (Å²) in [5.74, 6) is 1.13. The van der Waals surface area contributed by atoms with E-state index in [4.69, 9.17) is 0 Å². The highest BCUT2D eigenvalue weighted by Gasteiger charge is 2.46. The molecule has 3 fully saturated rings. The van der Waals surface area contributed by atoms with E-state index in [0.717, 1.165) is 11.5 Å². The zero-order valence-corrected chi connectivity index (χ0v) is 7.89. The van der Waals surface area contributed by atoms with Crippen LogP contribution in [0, 0.1) is 5.92 Å². The highest BCUT2D eigenvalue weighted by Crippen LogP contribution is 2.48. The van der Waals surface area contributed by atoms with Crippen molar-refractivity contribution in [3.05, 3.63) is 0 Å². The lowest BCUT2D eigenvalue weighted by atomic mass is 9.88. The Hall–Kier alpha value is -0.0400. The van der Waals surface area contributed by atoms with E-state index in [1.165, 1.54) is 51.6 Å². The lowest BCUT2D eigenvalue weighted by molar-refractivity contribution is 0.174. The van der Waals surface area contributed by atoms with Gasteiger partial charge < -0.3 is 0 Å². The molecule has 0 bridgehead atoms. The van der Waals surface area contributed by atoms with Crippen molar-refractivity contribution in [2.75, 3.05) is 13.1 Å². The zero-order valence-electron chi connectivity index (χ0n) is 7.89. The molecule has 0 aromatic carbocycles. The molecule has 0 atom stereocenters. The van der Waals surface area contributed by atoms with Crippen LogP contribution in [0.1, 0.15) is 44.9 Å². The topological polar surface area (TPSA) is 3.24 Å². The number of hydrogen-bond donors (Lipinski definition) is 0. The van der Waals surface area contributed by atoms with E-state index in [9.17, 15) is 0 Å². The first-order valence-corrected chi connectivity index (χ1v) is 5.64. The van der Waals surface area contributed by atoms with Crippen LogP contribution in [-0.4, -0.2) is 23.5 Å². The molecule has 3 aliphatic rings. The van der Waals surface area contributed by atoms with Gasteiger partial charge in [0.05, 0.1) is 0 Å². The minimum Gasteiger partial charge on any atom is -0.298 e. The first kappa shape index (κ1) is 7.37. The molecule has 2 heterocycles. The predicted octanol–water partition coefficient (Wildman–Crippen LogP) is 2.41. The first-order chi connectivity index (χ1) is 5.89. The van der Waals surface area contributed by atoms with Crippen LogP contribution in [0.2, 0.25) is 0 Å². The van der Waals surface area contributed by atoms with E-state index in [2.05, 4.69) is 4.90 Å². The molecule has 68 valence electrons. The average molecular weight is 165 g/mol. The van der Waals surface area contributed by atoms with Gasteiger partial charge in [0.25, 0.3) is 0 Å². The molecule has 1 aliphatic carbocycles. The average Bonchev–Trinajstić information content (AvgIpc) is 2.58. The second-order valence-electron chi connectivity index (χ2n) is 5.07. The molecule has 2 aliphatic heterocycles. The van der Waals surface area contributed by atoms with Gasteiger partial charge in [0.2, 0.25) is 0 Å². The standard InChI is InChI=1S/C11H19N/c1-5-11(9-10-3-4-10)6-2-8-12(11)7-1/h10H,1-9H2. The summed E-state index contributed by atoms with van der Waals surface area (Å²) in [6, 6.07) is 0. The van der Waals surface area contributed by atoms with Gasteiger partial charge in [-0.2, -0.15) is 0 Å². The zero-order chi connectivity index (χ0) is 8.02. The van der Waals surface area contributed by atoms with E-state index in [1.807, 2.05) is 0 Å². The number of rotatable bonds is 2. The van der Waals surface area contributed by atoms with Gasteiger partial charge in [-0.25, -0.2) is 0 Å². The molecule has 12 heavy (non-hydrogen) atoms. The lowest BCUT2D eigenvalue weighted by Gasteiger charge is -2.32. The fourth-order valence-corrected chi connectivity index (χ4v) is 3.42. The Balaban J connectivity index is 1.76. The van der Waals surface area contributed by atoms with E-state index in [0.29, 0.717) is 0 Å². The Morgan fingerprint density at radius 2 is 1.75 bits per heavy atom. The van der Waals surface area contributed by atoms with E-state index in [-0.39, 0.29) is 0 Å². The van der Waals surface area contributed by atoms with Crippen LogP contribution in [0.25, 0.3) is 0 Å². The Morgan fingerprint density at radius 3 is 2.33 bits per heavy atom. The van der Waals surface area contributed by atoms with Crippen LogP contribution in [-0.2, 0) is 0 Å². The van der Waals surface area contributed by atoms with Crippen molar-refractivity contribution in [3.63, 3.8) is 0 Å². The van der Waals surface area contributed by atoms with Crippen LogP contribution < -0.4 is 0 Å². The minimum atomic E-state index is 0.723. The smallest absolute Gasteiger partial charge is 0.0213 e. The largest absolute Gasteiger partial charge is 0.298 e. The normalized spacial score (nSPS) is 34.0. The van der Waals surface area contributed by atoms with E-state index >= 15 is 0 Å². The van der Waals surface area contributed by atoms with Gasteiger partial charge in [0.15, 0.2) is 0 Å². The fourth-order valence-electron chi connectivity index (χ4n) is 3.42. The number of nitrogens with zero attached hydrogens (tertiary/aromatic N) is 1. The summed E-state index contributed by atoms with van der Waals surface area (Å²) in [5, 5.41) is 0. The van der Waals surface area contributed by atoms with Crippen LogP contribution in [0.5, 0.6) is 0 Å². The highest BCUT2D eigenvalue weighted by atomic mass is 15.2. The maximum Gasteiger partial charge on any atom is 0.0213 e. The Bertz CT molecular complexity index is 173. The molecule has 1 heteroatoms. The maximum absolute atomic E-state index is 2.80. The fraction of sp³-hybridized carbons (Fsp3) is 1.00. The van der Waals surface area contributed by atoms with Crippen LogP contribution in [0.3, 0.4) is 0 Å². The SMILES string of the molecule is C1CN2CCCC2(CC2CC2)C1. The number of fused-ring (bicyclic) bond motifs is 1. The monoisotopic (exact) mass is 165 g/mol. The summed E-state index contributed by atoms with van der Waals surface area (Å²) in [4.78, 5) is 2.80. The van der Waals surface area contributed by atoms with Gasteiger partial charge in [0.1, 0.15) is 0 Å². The van der Waals surface area contributed by atoms with Crippen molar-refractivity contribution in [1.29, 1.82) is 0 Å². The van der Waals surface area contributed by atoms with Crippen molar-refractivity contribution in [1.82, 2.24) is 4.90 Å². The van der Waals surface area contributed by atoms with Crippen LogP contribution in [0.4, 0.5) is 0 Å². The molecular weight excluding hydrogens is 146 g/mol. The summed E-state index contributed by atoms with van der Waals surface area (Å²) in [7, 11) is 0. The van der Waals surface area contributed by atoms with Gasteiger partial charge in [-0.1, -0.05) is 12.8 Å². The Kier molecular flexibility index (Phi) is 1.52. The molecule has 2 saturated heterocycles. The van der Waals surface area contributed by atoms with Gasteiger partial charge >= 0.3 is 0 Å². The molecule has 0 aromatic heterocycles. The Morgan fingerprint density at radius 1 is 1.08 bits per heavy atom. The molecule has 1 saturated carbocycles. The molecule has 0 amide bonds. The summed E-state index contributed by atoms with van der Waals surface area (Å²) in [6.07, 6.45) is 10.6. The van der Waals surface area contributed by atoms with E-state index in [1.54, 1.807) is 6.42 Å². The molecule has 1 nitrogen and oxygen atoms in total. The van der Waals surface area contributed by atoms with Crippen molar-refractivity contribution in [2.24, 2.45) is 5.92 Å². The third-order valence-electron chi connectivity index (χ3n) is 4.18. The molecule has 0 radical (unpaired) electrons. The van der Waals surface area contributed by atoms with E-state index < -0.39 is 0 Å².